The molecular formula is C54H84FN5O14. The molecule has 3 aliphatic rings. The van der Waals surface area contributed by atoms with Gasteiger partial charge in [-0.2, -0.15) is 0 Å². The minimum atomic E-state index is -1.99. The first-order chi connectivity index (χ1) is 34.9. The fourth-order valence-corrected chi connectivity index (χ4v) is 11.6. The van der Waals surface area contributed by atoms with Gasteiger partial charge in [0.15, 0.2) is 12.6 Å². The van der Waals surface area contributed by atoms with Gasteiger partial charge in [-0.05, 0) is 79.0 Å². The highest BCUT2D eigenvalue weighted by Crippen LogP contribution is 2.42. The lowest BCUT2D eigenvalue weighted by Crippen LogP contribution is -2.60. The Bertz CT molecular complexity index is 2240. The third-order valence-electron chi connectivity index (χ3n) is 16.5. The van der Waals surface area contributed by atoms with Gasteiger partial charge in [0.1, 0.15) is 48.7 Å². The smallest absolute Gasteiger partial charge is 0.311 e. The van der Waals surface area contributed by atoms with Crippen molar-refractivity contribution in [1.82, 2.24) is 25.1 Å². The number of benzene rings is 1. The highest BCUT2D eigenvalue weighted by Gasteiger charge is 2.53. The van der Waals surface area contributed by atoms with E-state index in [0.717, 1.165) is 16.7 Å². The lowest BCUT2D eigenvalue weighted by molar-refractivity contribution is -0.309. The van der Waals surface area contributed by atoms with Crippen molar-refractivity contribution in [2.24, 2.45) is 23.7 Å². The van der Waals surface area contributed by atoms with Gasteiger partial charge in [0.25, 0.3) is 0 Å². The summed E-state index contributed by atoms with van der Waals surface area (Å²) in [6, 6.07) is 6.80. The van der Waals surface area contributed by atoms with Gasteiger partial charge in [0.05, 0.1) is 59.5 Å². The number of ether oxygens (including phenoxy) is 8. The number of Topliss-reactive ketones (excluding diaryl/α,β-unsaturated/α-hetero) is 1. The molecule has 74 heavy (non-hydrogen) atoms. The second-order valence-electron chi connectivity index (χ2n) is 21.9. The number of ketones is 1. The lowest BCUT2D eigenvalue weighted by Gasteiger charge is -2.49. The van der Waals surface area contributed by atoms with Gasteiger partial charge in [0.2, 0.25) is 0 Å². The van der Waals surface area contributed by atoms with Crippen LogP contribution in [0.2, 0.25) is 0 Å². The number of alkyl halides is 1. The number of esters is 1. The third kappa shape index (κ3) is 13.1. The molecule has 20 heteroatoms. The molecule has 3 N–H and O–H groups in total. The summed E-state index contributed by atoms with van der Waals surface area (Å²) in [6.07, 6.45) is -2.00. The number of nitrogens with zero attached hydrogens (tertiary/aromatic N) is 5. The summed E-state index contributed by atoms with van der Waals surface area (Å²) in [7, 11) is 6.63. The monoisotopic (exact) mass is 1050 g/mol. The number of carbonyl (C=O) groups is 2. The fraction of sp³-hybridized carbons (Fsp3) is 0.759. The number of likely N-dealkylation sites (N-methyl/N-ethyl adjacent to an activating group) is 1. The molecule has 3 aromatic rings. The first kappa shape index (κ1) is 59.4. The number of aliphatic hydroxyl groups is 3. The van der Waals surface area contributed by atoms with Crippen LogP contribution in [0.25, 0.3) is 11.1 Å². The van der Waals surface area contributed by atoms with Crippen LogP contribution < -0.4 is 0 Å². The summed E-state index contributed by atoms with van der Waals surface area (Å²) in [5.41, 5.74) is -1.09. The molecule has 2 aromatic heterocycles. The van der Waals surface area contributed by atoms with Gasteiger partial charge in [-0.25, -0.2) is 9.07 Å². The van der Waals surface area contributed by atoms with Crippen molar-refractivity contribution in [3.05, 3.63) is 54.2 Å². The van der Waals surface area contributed by atoms with Gasteiger partial charge in [-0.15, -0.1) is 5.10 Å². The Morgan fingerprint density at radius 1 is 0.892 bits per heavy atom. The number of hydrogen-bond donors (Lipinski definition) is 3. The van der Waals surface area contributed by atoms with E-state index in [1.165, 1.54) is 18.7 Å². The largest absolute Gasteiger partial charge is 0.459 e. The summed E-state index contributed by atoms with van der Waals surface area (Å²) >= 11 is 0. The number of methoxy groups -OCH3 is 3. The summed E-state index contributed by atoms with van der Waals surface area (Å²) in [5, 5.41) is 47.1. The number of hydrogen-bond acceptors (Lipinski definition) is 18. The molecular weight excluding hydrogens is 962 g/mol. The van der Waals surface area contributed by atoms with E-state index in [4.69, 9.17) is 42.4 Å². The summed E-state index contributed by atoms with van der Waals surface area (Å²) in [6.45, 7) is 17.2. The maximum absolute atomic E-state index is 14.9. The van der Waals surface area contributed by atoms with Gasteiger partial charge >= 0.3 is 5.97 Å². The van der Waals surface area contributed by atoms with Crippen LogP contribution in [0.1, 0.15) is 125 Å². The molecule has 0 amide bonds. The van der Waals surface area contributed by atoms with Crippen molar-refractivity contribution in [1.29, 1.82) is 0 Å². The van der Waals surface area contributed by atoms with Crippen molar-refractivity contribution in [3.8, 4) is 11.1 Å². The second kappa shape index (κ2) is 25.1. The molecule has 3 fully saturated rings. The molecule has 0 saturated carbocycles. The van der Waals surface area contributed by atoms with E-state index in [-0.39, 0.29) is 37.2 Å². The zero-order valence-electron chi connectivity index (χ0n) is 45.9. The summed E-state index contributed by atoms with van der Waals surface area (Å²) < 4.78 is 72.4. The van der Waals surface area contributed by atoms with Gasteiger partial charge in [-0.3, -0.25) is 9.59 Å². The maximum atomic E-state index is 14.9. The van der Waals surface area contributed by atoms with Crippen molar-refractivity contribution in [2.45, 2.75) is 198 Å². The molecule has 0 bridgehead atoms. The van der Waals surface area contributed by atoms with Crippen molar-refractivity contribution in [2.75, 3.05) is 41.6 Å². The van der Waals surface area contributed by atoms with Gasteiger partial charge < -0.3 is 62.6 Å². The SMILES string of the molecule is CC[C@H]1OC(=O)[C@H](C)[C@@H](O[C@H]2C[C@@](C)(OC)[C@@H](O)[C@H](C)O2)[C@H](C)[C@@H](O[C@H]2C[C@@H](N(C)CCc3cn([C@H](CF)[C@H](OC)c4ccc(-c5cnoc5)cc4)nn3)C[C@@H](C)O2)[C@](C)(OC)C[C@@H](C)C(=O)[C@H](C)[C@@H](O)[C@]1(C)O. The van der Waals surface area contributed by atoms with Crippen LogP contribution >= 0.6 is 0 Å². The Morgan fingerprint density at radius 3 is 2.19 bits per heavy atom. The zero-order chi connectivity index (χ0) is 54.4. The molecule has 416 valence electrons. The summed E-state index contributed by atoms with van der Waals surface area (Å²) in [4.78, 5) is 31.0. The number of carbonyl (C=O) groups excluding carboxylic acids is 2. The standard InChI is InChI=1S/C54H84FN5O14/c1-15-42-54(10,65)48(62)32(4)45(61)30(2)24-53(9,68-14)50(33(5)46(34(6)51(64)72-42)73-44-25-52(8,67-13)49(63)35(7)71-44)74-43-23-40(22-31(3)70-43)59(11)21-20-39-28-60(58-57-39)41(26-55)47(66-12)37-18-16-36(17-19-37)38-27-56-69-29-38/h16-19,27-35,40-44,46-50,62-63,65H,15,20-26H2,1-14H3/t30-,31-,32+,33+,34-,35+,40+,41-,42-,43+,44+,46+,47-,48-,49+,50-,52-,53-,54-/m1/s1. The molecule has 6 rings (SSSR count). The van der Waals surface area contributed by atoms with Crippen LogP contribution in [0.4, 0.5) is 4.39 Å². The average Bonchev–Trinajstić information content (AvgIpc) is 4.11. The molecule has 19 atom stereocenters. The van der Waals surface area contributed by atoms with Crippen LogP contribution in [-0.2, 0) is 53.9 Å². The van der Waals surface area contributed by atoms with E-state index in [1.54, 1.807) is 74.4 Å². The van der Waals surface area contributed by atoms with Crippen LogP contribution in [0.5, 0.6) is 0 Å². The van der Waals surface area contributed by atoms with E-state index in [1.807, 2.05) is 52.1 Å². The molecule has 5 heterocycles. The Hall–Kier alpha value is -3.80. The lowest BCUT2D eigenvalue weighted by atomic mass is 9.74. The highest BCUT2D eigenvalue weighted by atomic mass is 19.1. The van der Waals surface area contributed by atoms with Crippen molar-refractivity contribution in [3.63, 3.8) is 0 Å². The van der Waals surface area contributed by atoms with Gasteiger partial charge in [-0.1, -0.05) is 62.3 Å². The van der Waals surface area contributed by atoms with E-state index in [2.05, 4.69) is 20.4 Å². The molecule has 0 aliphatic carbocycles. The minimum absolute atomic E-state index is 0.0310. The molecule has 3 aliphatic heterocycles. The topological polar surface area (TPSA) is 229 Å². The van der Waals surface area contributed by atoms with Crippen LogP contribution in [-0.4, -0.2) is 172 Å². The molecule has 1 aromatic carbocycles. The second-order valence-corrected chi connectivity index (χ2v) is 21.9. The summed E-state index contributed by atoms with van der Waals surface area (Å²) in [5.74, 6) is -4.47. The predicted octanol–water partition coefficient (Wildman–Crippen LogP) is 6.23. The van der Waals surface area contributed by atoms with E-state index in [0.29, 0.717) is 31.5 Å². The van der Waals surface area contributed by atoms with E-state index < -0.39 is 114 Å². The first-order valence-electron chi connectivity index (χ1n) is 26.2. The Labute approximate surface area is 436 Å². The number of halogens is 1. The molecule has 0 spiro atoms. The predicted molar refractivity (Wildman–Crippen MR) is 269 cm³/mol. The Morgan fingerprint density at radius 2 is 1.58 bits per heavy atom. The Balaban J connectivity index is 1.25. The van der Waals surface area contributed by atoms with Gasteiger partial charge in [0, 0.05) is 82.7 Å². The minimum Gasteiger partial charge on any atom is -0.459 e. The zero-order valence-corrected chi connectivity index (χ0v) is 45.9. The van der Waals surface area contributed by atoms with Crippen LogP contribution in [0.3, 0.4) is 0 Å². The molecule has 0 unspecified atom stereocenters. The van der Waals surface area contributed by atoms with Crippen molar-refractivity contribution >= 4 is 11.8 Å². The van der Waals surface area contributed by atoms with Crippen LogP contribution in [0, 0.1) is 23.7 Å². The number of aliphatic hydroxyl groups excluding tert-OH is 2. The number of cyclic esters (lactones) is 1. The normalized spacial score (nSPS) is 37.8. The Kier molecular flexibility index (Phi) is 20.2. The quantitative estimate of drug-likeness (QED) is 0.127. The first-order valence-corrected chi connectivity index (χ1v) is 26.2. The van der Waals surface area contributed by atoms with Crippen molar-refractivity contribution < 1.29 is 71.7 Å². The average molecular weight is 1050 g/mol. The van der Waals surface area contributed by atoms with E-state index >= 15 is 0 Å². The highest BCUT2D eigenvalue weighted by molar-refractivity contribution is 5.83. The van der Waals surface area contributed by atoms with E-state index in [9.17, 15) is 29.3 Å². The number of rotatable bonds is 17. The molecule has 3 saturated heterocycles. The molecule has 0 radical (unpaired) electrons. The van der Waals surface area contributed by atoms with Crippen LogP contribution in [0.15, 0.2) is 47.4 Å². The maximum Gasteiger partial charge on any atom is 0.311 e. The third-order valence-corrected chi connectivity index (χ3v) is 16.5. The number of aromatic nitrogens is 4. The fourth-order valence-electron chi connectivity index (χ4n) is 11.6. The molecule has 19 nitrogen and oxygen atoms in total.